The average Bonchev–Trinajstić information content (AvgIpc) is 3.77. The average molecular weight is 764 g/mol. The lowest BCUT2D eigenvalue weighted by atomic mass is 9.81. The molecule has 0 saturated carbocycles. The Morgan fingerprint density at radius 2 is 0.883 bits per heavy atom. The van der Waals surface area contributed by atoms with Gasteiger partial charge in [-0.2, -0.15) is 0 Å². The molecule has 282 valence electrons. The number of hydrogen-bond acceptors (Lipinski definition) is 0. The molecule has 0 radical (unpaired) electrons. The molecule has 1 nitrogen and oxygen atoms in total. The molecule has 11 aromatic rings. The maximum Gasteiger partial charge on any atom is 0.0620 e. The van der Waals surface area contributed by atoms with Crippen molar-refractivity contribution < 1.29 is 0 Å². The molecule has 0 unspecified atom stereocenters. The van der Waals surface area contributed by atoms with E-state index in [1.807, 2.05) is 0 Å². The van der Waals surface area contributed by atoms with Gasteiger partial charge in [0.15, 0.2) is 0 Å². The molecule has 0 N–H and O–H groups in total. The third-order valence-corrected chi connectivity index (χ3v) is 13.2. The van der Waals surface area contributed by atoms with E-state index in [9.17, 15) is 0 Å². The highest BCUT2D eigenvalue weighted by Crippen LogP contribution is 2.52. The zero-order valence-corrected chi connectivity index (χ0v) is 33.7. The van der Waals surface area contributed by atoms with Gasteiger partial charge in [-0.25, -0.2) is 0 Å². The fraction of sp³-hybridized carbons (Fsp3) is 0.0508. The summed E-state index contributed by atoms with van der Waals surface area (Å²) in [5.41, 5.74) is 17.3. The molecule has 1 aliphatic rings. The Morgan fingerprint density at radius 3 is 1.60 bits per heavy atom. The lowest BCUT2D eigenvalue weighted by Gasteiger charge is -2.23. The van der Waals surface area contributed by atoms with Crippen molar-refractivity contribution in [1.29, 1.82) is 0 Å². The van der Waals surface area contributed by atoms with Crippen molar-refractivity contribution in [3.05, 3.63) is 223 Å². The molecule has 0 atom stereocenters. The van der Waals surface area contributed by atoms with E-state index in [0.29, 0.717) is 0 Å². The van der Waals surface area contributed by atoms with E-state index in [-0.39, 0.29) is 5.41 Å². The second kappa shape index (κ2) is 13.3. The molecule has 1 heteroatoms. The Labute approximate surface area is 350 Å². The van der Waals surface area contributed by atoms with Gasteiger partial charge < -0.3 is 4.57 Å². The molecule has 12 rings (SSSR count). The van der Waals surface area contributed by atoms with Crippen LogP contribution in [-0.2, 0) is 5.41 Å². The maximum atomic E-state index is 2.57. The summed E-state index contributed by atoms with van der Waals surface area (Å²) in [5.74, 6) is 0. The van der Waals surface area contributed by atoms with Crippen LogP contribution in [0, 0.1) is 0 Å². The van der Waals surface area contributed by atoms with Gasteiger partial charge in [-0.05, 0) is 113 Å². The number of nitrogens with zero attached hydrogens (tertiary/aromatic N) is 1. The van der Waals surface area contributed by atoms with E-state index < -0.39 is 0 Å². The topological polar surface area (TPSA) is 4.93 Å². The molecular weight excluding hydrogens is 723 g/mol. The van der Waals surface area contributed by atoms with Gasteiger partial charge in [0.2, 0.25) is 0 Å². The molecular formula is C59H41N. The summed E-state index contributed by atoms with van der Waals surface area (Å²) in [6, 6.07) is 78.8. The van der Waals surface area contributed by atoms with Crippen LogP contribution in [0.2, 0.25) is 0 Å². The van der Waals surface area contributed by atoms with E-state index in [1.165, 1.54) is 116 Å². The van der Waals surface area contributed by atoms with E-state index in [1.54, 1.807) is 0 Å². The van der Waals surface area contributed by atoms with Crippen molar-refractivity contribution in [2.24, 2.45) is 0 Å². The predicted octanol–water partition coefficient (Wildman–Crippen LogP) is 16.1. The van der Waals surface area contributed by atoms with Gasteiger partial charge >= 0.3 is 0 Å². The lowest BCUT2D eigenvalue weighted by molar-refractivity contribution is 0.660. The third-order valence-electron chi connectivity index (χ3n) is 13.2. The molecule has 1 aromatic heterocycles. The SMILES string of the molecule is CC1(C)c2cc(-c3ccc4ccccc4c3)ccc2-c2ccc(-n3c(-c4ccccc4)c(-c4ccccc4)c4ccc5c(-c6ccc7ccccc7c6)cccc5c43)cc21. The van der Waals surface area contributed by atoms with Crippen molar-refractivity contribution in [1.82, 2.24) is 4.57 Å². The largest absolute Gasteiger partial charge is 0.308 e. The highest BCUT2D eigenvalue weighted by Gasteiger charge is 2.36. The molecule has 10 aromatic carbocycles. The van der Waals surface area contributed by atoms with Crippen molar-refractivity contribution >= 4 is 43.2 Å². The first-order valence-electron chi connectivity index (χ1n) is 21.0. The zero-order valence-electron chi connectivity index (χ0n) is 33.7. The normalized spacial score (nSPS) is 13.0. The summed E-state index contributed by atoms with van der Waals surface area (Å²) in [6.45, 7) is 4.80. The Bertz CT molecular complexity index is 3490. The number of aromatic nitrogens is 1. The van der Waals surface area contributed by atoms with Crippen molar-refractivity contribution in [2.45, 2.75) is 19.3 Å². The molecule has 0 aliphatic heterocycles. The maximum absolute atomic E-state index is 2.57. The minimum atomic E-state index is -0.211. The van der Waals surface area contributed by atoms with Gasteiger partial charge in [0.1, 0.15) is 0 Å². The highest BCUT2D eigenvalue weighted by molar-refractivity contribution is 6.18. The Kier molecular flexibility index (Phi) is 7.65. The Morgan fingerprint density at radius 1 is 0.333 bits per heavy atom. The summed E-state index contributed by atoms with van der Waals surface area (Å²) in [4.78, 5) is 0. The quantitative estimate of drug-likeness (QED) is 0.165. The first-order chi connectivity index (χ1) is 29.5. The van der Waals surface area contributed by atoms with Crippen LogP contribution in [0.15, 0.2) is 212 Å². The summed E-state index contributed by atoms with van der Waals surface area (Å²) in [6.07, 6.45) is 0. The van der Waals surface area contributed by atoms with Crippen LogP contribution in [-0.4, -0.2) is 4.57 Å². The number of rotatable bonds is 5. The molecule has 0 saturated heterocycles. The van der Waals surface area contributed by atoms with E-state index in [0.717, 1.165) is 0 Å². The summed E-state index contributed by atoms with van der Waals surface area (Å²) in [7, 11) is 0. The standard InChI is InChI=1S/C59H41N/c1-59(2)54-36-45(44-26-24-38-14-9-11-20-42(38)34-44)28-30-50(54)51-31-29-47(37-55(51)59)60-57(41-18-7-4-8-19-41)56(40-16-5-3-6-17-40)53-33-32-49-48(22-13-23-52(49)58(53)60)46-27-25-39-15-10-12-21-43(39)35-46/h3-37H,1-2H3. The molecule has 0 amide bonds. The summed E-state index contributed by atoms with van der Waals surface area (Å²) >= 11 is 0. The zero-order chi connectivity index (χ0) is 40.0. The summed E-state index contributed by atoms with van der Waals surface area (Å²) < 4.78 is 2.57. The van der Waals surface area contributed by atoms with Crippen LogP contribution in [0.1, 0.15) is 25.0 Å². The van der Waals surface area contributed by atoms with Gasteiger partial charge in [0, 0.05) is 27.4 Å². The van der Waals surface area contributed by atoms with Crippen LogP contribution in [0.5, 0.6) is 0 Å². The number of fused-ring (bicyclic) bond motifs is 8. The molecule has 1 aliphatic carbocycles. The first-order valence-corrected chi connectivity index (χ1v) is 21.0. The van der Waals surface area contributed by atoms with E-state index >= 15 is 0 Å². The smallest absolute Gasteiger partial charge is 0.0620 e. The molecule has 60 heavy (non-hydrogen) atoms. The molecule has 1 heterocycles. The van der Waals surface area contributed by atoms with Crippen LogP contribution < -0.4 is 0 Å². The van der Waals surface area contributed by atoms with Crippen LogP contribution in [0.3, 0.4) is 0 Å². The van der Waals surface area contributed by atoms with E-state index in [4.69, 9.17) is 0 Å². The summed E-state index contributed by atoms with van der Waals surface area (Å²) in [5, 5.41) is 8.76. The Balaban J connectivity index is 1.11. The van der Waals surface area contributed by atoms with Gasteiger partial charge in [-0.3, -0.25) is 0 Å². The first kappa shape index (κ1) is 34.6. The second-order valence-electron chi connectivity index (χ2n) is 16.9. The monoisotopic (exact) mass is 763 g/mol. The van der Waals surface area contributed by atoms with Crippen LogP contribution in [0.4, 0.5) is 0 Å². The fourth-order valence-corrected chi connectivity index (χ4v) is 10.2. The van der Waals surface area contributed by atoms with Crippen LogP contribution >= 0.6 is 0 Å². The molecule has 0 spiro atoms. The van der Waals surface area contributed by atoms with Gasteiger partial charge in [-0.15, -0.1) is 0 Å². The molecule has 0 fully saturated rings. The van der Waals surface area contributed by atoms with Gasteiger partial charge in [0.25, 0.3) is 0 Å². The number of benzene rings is 10. The van der Waals surface area contributed by atoms with Crippen molar-refractivity contribution in [2.75, 3.05) is 0 Å². The van der Waals surface area contributed by atoms with E-state index in [2.05, 4.69) is 231 Å². The minimum Gasteiger partial charge on any atom is -0.308 e. The fourth-order valence-electron chi connectivity index (χ4n) is 10.2. The lowest BCUT2D eigenvalue weighted by Crippen LogP contribution is -2.15. The third kappa shape index (κ3) is 5.26. The van der Waals surface area contributed by atoms with Gasteiger partial charge in [0.05, 0.1) is 11.2 Å². The minimum absolute atomic E-state index is 0.211. The van der Waals surface area contributed by atoms with Gasteiger partial charge in [-0.1, -0.05) is 196 Å². The Hall–Kier alpha value is -7.48. The predicted molar refractivity (Wildman–Crippen MR) is 255 cm³/mol. The van der Waals surface area contributed by atoms with Crippen LogP contribution in [0.25, 0.3) is 105 Å². The second-order valence-corrected chi connectivity index (χ2v) is 16.9. The highest BCUT2D eigenvalue weighted by atomic mass is 15.0. The van der Waals surface area contributed by atoms with Crippen molar-refractivity contribution in [3.63, 3.8) is 0 Å². The number of hydrogen-bond donors (Lipinski definition) is 0. The van der Waals surface area contributed by atoms with Crippen molar-refractivity contribution in [3.8, 4) is 61.5 Å². The molecule has 0 bridgehead atoms.